The molecule has 0 radical (unpaired) electrons. The highest BCUT2D eigenvalue weighted by atomic mass is 127. The van der Waals surface area contributed by atoms with Crippen molar-refractivity contribution in [2.24, 2.45) is 7.05 Å². The van der Waals surface area contributed by atoms with Crippen molar-refractivity contribution in [3.05, 3.63) is 251 Å². The number of rotatable bonds is 28. The number of aromatic amines is 1. The molecule has 5 aromatic heterocycles. The first kappa shape index (κ1) is 88.2. The minimum absolute atomic E-state index is 0. The maximum atomic E-state index is 14.6. The highest BCUT2D eigenvalue weighted by Gasteiger charge is 2.27. The minimum Gasteiger partial charge on any atom is -0.394 e. The standard InChI is InChI=1S/C20H22FN3O3S.C19H17FINO4.C18H16FIN2O4S.C18H16FIN2O3.2H2S/c1-12(25)11-27-23-20(26)19-15(16-10-22-7-6-18(16)24(19)2)8-13-4-5-14(28-3)9-17(13)21;20-17-8-14(21)2-1-11(17)5-12-6-16-13(9-22-19(16)25)7-15(12)18(24)10-26-4-3-23;19-15-6-11(20)2-1-10(15)5-13-14-7-21-4-3-16(14)27-17(13)18(25)22-26-9-12(24)8-23;19-16-8-12(20)2-1-11(16)7-14-13(18(24)10-25-6-5-23)3-4-17-15(14)9-21-22-17;;/h4-7,9-10,12,25H,8,11H2,1-3H3,(H,23,26);1-2,6-8,23H,3-5,9-10H2,(H,22,25);1-4,6-7,12,23-24H,5,8-9H2,(H,22,25);1-4,8-9,23H,5-7,10H2,(H,21,22);2*1H2/t12-;;12-;;;/m0.0.../s1. The predicted octanol–water partition coefficient (Wildman–Crippen LogP) is 11.5. The topological polar surface area (TPSA) is 319 Å². The maximum absolute atomic E-state index is 14.6. The van der Waals surface area contributed by atoms with Crippen LogP contribution in [0.1, 0.15) is 108 Å². The minimum atomic E-state index is -1.09. The van der Waals surface area contributed by atoms with E-state index in [1.54, 1.807) is 116 Å². The number of amides is 3. The summed E-state index contributed by atoms with van der Waals surface area (Å²) in [6.07, 6.45) is 9.28. The molecule has 1 aliphatic rings. The lowest BCUT2D eigenvalue weighted by molar-refractivity contribution is -0.0294. The molecule has 1 aliphatic heterocycles. The van der Waals surface area contributed by atoms with E-state index in [1.807, 2.05) is 69.6 Å². The number of pyridine rings is 2. The molecule has 33 heteroatoms. The molecule has 22 nitrogen and oxygen atoms in total. The zero-order chi connectivity index (χ0) is 76.1. The fourth-order valence-corrected chi connectivity index (χ4v) is 14.1. The number of aliphatic hydroxyl groups is 5. The van der Waals surface area contributed by atoms with Gasteiger partial charge in [0.25, 0.3) is 17.7 Å². The lowest BCUT2D eigenvalue weighted by Crippen LogP contribution is -2.29. The molecule has 9 N–H and O–H groups in total. The van der Waals surface area contributed by atoms with Gasteiger partial charge in [0, 0.05) is 117 Å². The average molecular weight is 1900 g/mol. The first-order valence-corrected chi connectivity index (χ1v) is 37.8. The van der Waals surface area contributed by atoms with Gasteiger partial charge in [-0.1, -0.05) is 24.3 Å². The highest BCUT2D eigenvalue weighted by molar-refractivity contribution is 14.1. The third-order valence-corrected chi connectivity index (χ3v) is 20.3. The monoisotopic (exact) mass is 1900 g/mol. The van der Waals surface area contributed by atoms with Gasteiger partial charge in [-0.05, 0) is 216 Å². The Labute approximate surface area is 680 Å². The van der Waals surface area contributed by atoms with Crippen LogP contribution in [0, 0.1) is 34.0 Å². The Morgan fingerprint density at radius 1 is 0.630 bits per heavy atom. The molecule has 11 aromatic rings. The van der Waals surface area contributed by atoms with Crippen LogP contribution in [-0.2, 0) is 58.4 Å². The van der Waals surface area contributed by atoms with E-state index in [1.165, 1.54) is 47.4 Å². The van der Waals surface area contributed by atoms with Crippen LogP contribution in [0.15, 0.2) is 145 Å². The van der Waals surface area contributed by atoms with Crippen molar-refractivity contribution in [1.29, 1.82) is 0 Å². The molecule has 0 spiro atoms. The Bertz CT molecular complexity index is 4980. The molecule has 6 heterocycles. The number of hydroxylamine groups is 2. The van der Waals surface area contributed by atoms with Gasteiger partial charge < -0.3 is 44.9 Å². The van der Waals surface area contributed by atoms with Crippen LogP contribution < -0.4 is 16.3 Å². The van der Waals surface area contributed by atoms with Crippen LogP contribution in [0.2, 0.25) is 0 Å². The van der Waals surface area contributed by atoms with Crippen molar-refractivity contribution in [3.8, 4) is 0 Å². The summed E-state index contributed by atoms with van der Waals surface area (Å²) in [7, 11) is 1.77. The normalized spacial score (nSPS) is 11.9. The molecule has 0 aliphatic carbocycles. The predicted molar refractivity (Wildman–Crippen MR) is 438 cm³/mol. The van der Waals surface area contributed by atoms with E-state index in [-0.39, 0.29) is 146 Å². The van der Waals surface area contributed by atoms with Crippen molar-refractivity contribution in [3.63, 3.8) is 0 Å². The number of nitrogens with zero attached hydrogens (tertiary/aromatic N) is 4. The van der Waals surface area contributed by atoms with E-state index in [2.05, 4.69) is 59.0 Å². The molecule has 6 aromatic carbocycles. The number of hydrogen-bond donors (Lipinski definition) is 9. The molecule has 572 valence electrons. The molecule has 3 amide bonds. The van der Waals surface area contributed by atoms with Crippen LogP contribution in [0.5, 0.6) is 0 Å². The van der Waals surface area contributed by atoms with Crippen molar-refractivity contribution in [2.45, 2.75) is 56.3 Å². The number of aliphatic hydroxyl groups excluding tert-OH is 5. The molecule has 0 saturated heterocycles. The second kappa shape index (κ2) is 42.9. The summed E-state index contributed by atoms with van der Waals surface area (Å²) in [5, 5.41) is 56.9. The number of ketones is 2. The van der Waals surface area contributed by atoms with Crippen LogP contribution in [-0.4, -0.2) is 157 Å². The Kier molecular flexibility index (Phi) is 35.1. The number of aryl methyl sites for hydroxylation is 1. The van der Waals surface area contributed by atoms with E-state index in [9.17, 15) is 51.7 Å². The summed E-state index contributed by atoms with van der Waals surface area (Å²) in [5.41, 5.74) is 13.3. The second-order valence-corrected chi connectivity index (χ2v) is 29.4. The van der Waals surface area contributed by atoms with Crippen molar-refractivity contribution in [2.75, 3.05) is 65.7 Å². The summed E-state index contributed by atoms with van der Waals surface area (Å²) in [4.78, 5) is 81.8. The van der Waals surface area contributed by atoms with E-state index in [4.69, 9.17) is 34.5 Å². The van der Waals surface area contributed by atoms with Crippen molar-refractivity contribution < 1.29 is 86.2 Å². The number of benzene rings is 6. The smallest absolute Gasteiger partial charge is 0.291 e. The zero-order valence-electron chi connectivity index (χ0n) is 58.0. The third-order valence-electron chi connectivity index (χ3n) is 16.3. The summed E-state index contributed by atoms with van der Waals surface area (Å²) < 4.78 is 72.6. The molecule has 2 atom stereocenters. The molecule has 12 rings (SSSR count). The summed E-state index contributed by atoms with van der Waals surface area (Å²) >= 11 is 8.85. The SMILES string of the molecule is CSc1ccc(Cc2c(C(=O)NOC[C@H](C)O)n(C)c3ccncc23)c(F)c1.O=C(COCCO)c1cc2c(cc1Cc1ccc(I)cc1F)C(=O)NC2.O=C(COCCO)c1ccc2[nH]ncc2c1Cc1ccc(I)cc1F.O=C(NOC[C@@H](O)CO)c1sc2ccncc2c1Cc1ccc(I)cc1F.S.S. The average Bonchev–Trinajstić information content (AvgIpc) is 1.61. The largest absolute Gasteiger partial charge is 0.394 e. The van der Waals surface area contributed by atoms with E-state index in [0.717, 1.165) is 53.1 Å². The van der Waals surface area contributed by atoms with Crippen LogP contribution >= 0.6 is 118 Å². The fraction of sp³-hybridized carbons (Fsp3) is 0.253. The Morgan fingerprint density at radius 3 is 1.76 bits per heavy atom. The molecule has 0 fully saturated rings. The van der Waals surface area contributed by atoms with Gasteiger partial charge in [-0.2, -0.15) is 32.1 Å². The Balaban J connectivity index is 0.000000199. The highest BCUT2D eigenvalue weighted by Crippen LogP contribution is 2.35. The van der Waals surface area contributed by atoms with Gasteiger partial charge in [0.05, 0.1) is 61.2 Å². The number of halogens is 7. The number of hydrogen-bond acceptors (Lipinski definition) is 19. The summed E-state index contributed by atoms with van der Waals surface area (Å²) in [5.74, 6) is -2.93. The molecule has 0 unspecified atom stereocenters. The van der Waals surface area contributed by atoms with Crippen LogP contribution in [0.4, 0.5) is 17.6 Å². The van der Waals surface area contributed by atoms with Crippen molar-refractivity contribution >= 4 is 179 Å². The fourth-order valence-electron chi connectivity index (χ4n) is 11.2. The van der Waals surface area contributed by atoms with Gasteiger partial charge in [-0.25, -0.2) is 28.5 Å². The van der Waals surface area contributed by atoms with Crippen LogP contribution in [0.25, 0.3) is 31.9 Å². The lowest BCUT2D eigenvalue weighted by Gasteiger charge is -2.12. The first-order chi connectivity index (χ1) is 51.0. The van der Waals surface area contributed by atoms with Gasteiger partial charge in [-0.3, -0.25) is 48.7 Å². The number of carbonyl (C=O) groups excluding carboxylic acids is 5. The zero-order valence-corrected chi connectivity index (χ0v) is 68.1. The van der Waals surface area contributed by atoms with Gasteiger partial charge in [0.2, 0.25) is 0 Å². The van der Waals surface area contributed by atoms with E-state index < -0.39 is 30.6 Å². The Morgan fingerprint density at radius 2 is 1.18 bits per heavy atom. The maximum Gasteiger partial charge on any atom is 0.291 e. The van der Waals surface area contributed by atoms with Gasteiger partial charge in [-0.15, -0.1) is 23.1 Å². The number of fused-ring (bicyclic) bond motifs is 4. The first-order valence-electron chi connectivity index (χ1n) is 32.6. The third kappa shape index (κ3) is 23.5. The Hall–Kier alpha value is -7.06. The number of carbonyl (C=O) groups is 5. The number of H-pyrrole nitrogens is 1. The number of thiophene rings is 1. The number of ether oxygens (including phenoxy) is 2. The lowest BCUT2D eigenvalue weighted by atomic mass is 9.93. The molecule has 108 heavy (non-hydrogen) atoms. The van der Waals surface area contributed by atoms with Crippen molar-refractivity contribution in [1.82, 2.24) is 41.0 Å². The molecular weight excluding hydrogens is 1820 g/mol. The number of Topliss-reactive ketones (excluding diaryl/α,β-unsaturated/α-hetero) is 2. The molecular formula is C75H75F4I3N8O14S4. The molecule has 0 bridgehead atoms. The van der Waals surface area contributed by atoms with Crippen LogP contribution in [0.3, 0.4) is 0 Å². The molecule has 0 saturated carbocycles. The quantitative estimate of drug-likeness (QED) is 0.00549. The number of nitrogens with one attached hydrogen (secondary N) is 4. The van der Waals surface area contributed by atoms with Gasteiger partial charge in [0.15, 0.2) is 11.6 Å². The number of thioether (sulfide) groups is 1. The second-order valence-electron chi connectivity index (χ2n) is 23.8. The summed E-state index contributed by atoms with van der Waals surface area (Å²) in [6, 6.07) is 30.4. The van der Waals surface area contributed by atoms with Gasteiger partial charge >= 0.3 is 0 Å². The summed E-state index contributed by atoms with van der Waals surface area (Å²) in [6.45, 7) is 0.721. The van der Waals surface area contributed by atoms with E-state index in [0.29, 0.717) is 78.3 Å². The van der Waals surface area contributed by atoms with E-state index >= 15 is 0 Å². The number of aromatic nitrogens is 5. The van der Waals surface area contributed by atoms with Gasteiger partial charge in [0.1, 0.15) is 61.5 Å².